The van der Waals surface area contributed by atoms with Gasteiger partial charge in [-0.2, -0.15) is 4.31 Å². The van der Waals surface area contributed by atoms with Crippen LogP contribution in [0.15, 0.2) is 33.7 Å². The van der Waals surface area contributed by atoms with Crippen LogP contribution < -0.4 is 10.1 Å². The number of ether oxygens (including phenoxy) is 1. The van der Waals surface area contributed by atoms with E-state index in [2.05, 4.69) is 10.5 Å². The summed E-state index contributed by atoms with van der Waals surface area (Å²) < 4.78 is 37.6. The Morgan fingerprint density at radius 1 is 1.37 bits per heavy atom. The van der Waals surface area contributed by atoms with Crippen LogP contribution in [0, 0.1) is 13.8 Å². The predicted molar refractivity (Wildman–Crippen MR) is 97.7 cm³/mol. The van der Waals surface area contributed by atoms with Crippen molar-refractivity contribution in [3.8, 4) is 5.75 Å². The summed E-state index contributed by atoms with van der Waals surface area (Å²) in [7, 11) is -2.29. The molecule has 0 radical (unpaired) electrons. The fourth-order valence-corrected chi connectivity index (χ4v) is 5.35. The first-order valence-electron chi connectivity index (χ1n) is 8.70. The van der Waals surface area contributed by atoms with E-state index in [0.717, 1.165) is 5.56 Å². The molecule has 1 saturated heterocycles. The van der Waals surface area contributed by atoms with E-state index < -0.39 is 16.1 Å². The van der Waals surface area contributed by atoms with Crippen molar-refractivity contribution in [2.24, 2.45) is 0 Å². The van der Waals surface area contributed by atoms with Crippen LogP contribution in [0.4, 0.5) is 0 Å². The van der Waals surface area contributed by atoms with Gasteiger partial charge in [-0.15, -0.1) is 0 Å². The molecule has 0 spiro atoms. The van der Waals surface area contributed by atoms with Gasteiger partial charge in [-0.05, 0) is 32.8 Å². The van der Waals surface area contributed by atoms with Gasteiger partial charge in [-0.25, -0.2) is 8.42 Å². The van der Waals surface area contributed by atoms with Crippen LogP contribution in [-0.4, -0.2) is 43.5 Å². The number of para-hydroxylation sites is 1. The number of amides is 1. The van der Waals surface area contributed by atoms with Crippen LogP contribution in [0.1, 0.15) is 29.9 Å². The van der Waals surface area contributed by atoms with Crippen molar-refractivity contribution < 1.29 is 22.5 Å². The van der Waals surface area contributed by atoms with Gasteiger partial charge in [0.2, 0.25) is 15.9 Å². The van der Waals surface area contributed by atoms with E-state index in [-0.39, 0.29) is 23.1 Å². The van der Waals surface area contributed by atoms with Crippen molar-refractivity contribution >= 4 is 15.9 Å². The molecule has 1 unspecified atom stereocenters. The van der Waals surface area contributed by atoms with Gasteiger partial charge in [0.05, 0.1) is 7.11 Å². The third kappa shape index (κ3) is 3.70. The van der Waals surface area contributed by atoms with Crippen LogP contribution in [-0.2, 0) is 21.4 Å². The minimum Gasteiger partial charge on any atom is -0.496 e. The third-order valence-electron chi connectivity index (χ3n) is 4.69. The lowest BCUT2D eigenvalue weighted by Gasteiger charge is -2.23. The fraction of sp³-hybridized carbons (Fsp3) is 0.444. The molecule has 1 atom stereocenters. The van der Waals surface area contributed by atoms with E-state index in [1.54, 1.807) is 21.0 Å². The summed E-state index contributed by atoms with van der Waals surface area (Å²) in [6, 6.07) is 6.61. The number of rotatable bonds is 6. The van der Waals surface area contributed by atoms with E-state index in [0.29, 0.717) is 30.8 Å². The van der Waals surface area contributed by atoms with Crippen molar-refractivity contribution in [3.63, 3.8) is 0 Å². The highest BCUT2D eigenvalue weighted by atomic mass is 32.2. The van der Waals surface area contributed by atoms with Crippen molar-refractivity contribution in [1.82, 2.24) is 14.8 Å². The highest BCUT2D eigenvalue weighted by molar-refractivity contribution is 7.89. The molecule has 1 aromatic heterocycles. The van der Waals surface area contributed by atoms with E-state index in [1.807, 2.05) is 24.3 Å². The molecule has 3 rings (SSSR count). The highest BCUT2D eigenvalue weighted by Crippen LogP contribution is 2.30. The first-order valence-corrected chi connectivity index (χ1v) is 10.1. The number of carbonyl (C=O) groups excluding carboxylic acids is 1. The van der Waals surface area contributed by atoms with Gasteiger partial charge in [0.15, 0.2) is 5.76 Å². The predicted octanol–water partition coefficient (Wildman–Crippen LogP) is 1.77. The molecule has 1 aromatic carbocycles. The number of nitrogens with one attached hydrogen (secondary N) is 1. The maximum atomic E-state index is 13.1. The van der Waals surface area contributed by atoms with Crippen molar-refractivity contribution in [2.45, 2.75) is 44.2 Å². The summed E-state index contributed by atoms with van der Waals surface area (Å²) in [4.78, 5) is 12.8. The van der Waals surface area contributed by atoms with Crippen molar-refractivity contribution in [2.75, 3.05) is 13.7 Å². The van der Waals surface area contributed by atoms with Gasteiger partial charge >= 0.3 is 0 Å². The van der Waals surface area contributed by atoms with Gasteiger partial charge < -0.3 is 14.6 Å². The van der Waals surface area contributed by atoms with Crippen LogP contribution in [0.2, 0.25) is 0 Å². The average molecular weight is 393 g/mol. The van der Waals surface area contributed by atoms with Crippen molar-refractivity contribution in [1.29, 1.82) is 0 Å². The number of aryl methyl sites for hydroxylation is 2. The Balaban J connectivity index is 1.77. The molecule has 0 aliphatic carbocycles. The summed E-state index contributed by atoms with van der Waals surface area (Å²) in [6.45, 7) is 3.69. The molecule has 146 valence electrons. The number of sulfonamides is 1. The minimum absolute atomic E-state index is 0.0481. The first kappa shape index (κ1) is 19.4. The fourth-order valence-electron chi connectivity index (χ4n) is 3.40. The molecule has 1 aliphatic heterocycles. The van der Waals surface area contributed by atoms with Gasteiger partial charge in [-0.3, -0.25) is 4.79 Å². The molecule has 2 heterocycles. The number of hydrogen-bond acceptors (Lipinski definition) is 6. The second-order valence-electron chi connectivity index (χ2n) is 6.46. The average Bonchev–Trinajstić information content (AvgIpc) is 3.27. The Morgan fingerprint density at radius 2 is 2.11 bits per heavy atom. The topological polar surface area (TPSA) is 102 Å². The molecule has 1 amide bonds. The molecule has 0 saturated carbocycles. The van der Waals surface area contributed by atoms with Crippen LogP contribution in [0.5, 0.6) is 5.75 Å². The van der Waals surface area contributed by atoms with Crippen molar-refractivity contribution in [3.05, 3.63) is 41.3 Å². The van der Waals surface area contributed by atoms with Gasteiger partial charge in [-0.1, -0.05) is 23.4 Å². The van der Waals surface area contributed by atoms with Gasteiger partial charge in [0.25, 0.3) is 0 Å². The Labute approximate surface area is 158 Å². The number of hydrogen-bond donors (Lipinski definition) is 1. The van der Waals surface area contributed by atoms with Crippen LogP contribution in [0.3, 0.4) is 0 Å². The molecule has 1 aliphatic rings. The zero-order valence-electron chi connectivity index (χ0n) is 15.6. The molecule has 2 aromatic rings. The number of nitrogens with zero attached hydrogens (tertiary/aromatic N) is 2. The minimum atomic E-state index is -3.86. The molecule has 8 nitrogen and oxygen atoms in total. The number of carbonyl (C=O) groups is 1. The number of methoxy groups -OCH3 is 1. The summed E-state index contributed by atoms with van der Waals surface area (Å²) >= 11 is 0. The van der Waals surface area contributed by atoms with E-state index in [1.165, 1.54) is 4.31 Å². The monoisotopic (exact) mass is 393 g/mol. The molecule has 9 heteroatoms. The van der Waals surface area contributed by atoms with E-state index in [4.69, 9.17) is 9.26 Å². The van der Waals surface area contributed by atoms with Gasteiger partial charge in [0, 0.05) is 18.7 Å². The molecule has 0 bridgehead atoms. The lowest BCUT2D eigenvalue weighted by molar-refractivity contribution is -0.124. The highest BCUT2D eigenvalue weighted by Gasteiger charge is 2.41. The SMILES string of the molecule is COc1ccccc1CNC(=O)C1CCCN1S(=O)(=O)c1c(C)noc1C. The lowest BCUT2D eigenvalue weighted by atomic mass is 10.2. The zero-order chi connectivity index (χ0) is 19.6. The zero-order valence-corrected chi connectivity index (χ0v) is 16.4. The Bertz CT molecular complexity index is 919. The van der Waals surface area contributed by atoms with Gasteiger partial charge in [0.1, 0.15) is 22.4 Å². The second kappa shape index (κ2) is 7.69. The number of aromatic nitrogens is 1. The maximum absolute atomic E-state index is 13.1. The summed E-state index contributed by atoms with van der Waals surface area (Å²) in [5.74, 6) is 0.575. The Morgan fingerprint density at radius 3 is 2.78 bits per heavy atom. The quantitative estimate of drug-likeness (QED) is 0.803. The normalized spacial score (nSPS) is 17.8. The largest absolute Gasteiger partial charge is 0.496 e. The standard InChI is InChI=1S/C18H23N3O5S/c1-12-17(13(2)26-20-12)27(23,24)21-10-6-8-15(21)18(22)19-11-14-7-4-5-9-16(14)25-3/h4-5,7,9,15H,6,8,10-11H2,1-3H3,(H,19,22). The Kier molecular flexibility index (Phi) is 5.52. The third-order valence-corrected chi connectivity index (χ3v) is 6.84. The second-order valence-corrected chi connectivity index (χ2v) is 8.28. The molecular weight excluding hydrogens is 370 g/mol. The van der Waals surface area contributed by atoms with E-state index in [9.17, 15) is 13.2 Å². The molecule has 1 fully saturated rings. The molecule has 1 N–H and O–H groups in total. The van der Waals surface area contributed by atoms with E-state index >= 15 is 0 Å². The Hall–Kier alpha value is -2.39. The smallest absolute Gasteiger partial charge is 0.249 e. The van der Waals surface area contributed by atoms with Crippen LogP contribution in [0.25, 0.3) is 0 Å². The van der Waals surface area contributed by atoms with Crippen LogP contribution >= 0.6 is 0 Å². The maximum Gasteiger partial charge on any atom is 0.249 e. The number of benzene rings is 1. The molecule has 27 heavy (non-hydrogen) atoms. The summed E-state index contributed by atoms with van der Waals surface area (Å²) in [5.41, 5.74) is 1.12. The molecular formula is C18H23N3O5S. The first-order chi connectivity index (χ1) is 12.9. The summed E-state index contributed by atoms with van der Waals surface area (Å²) in [6.07, 6.45) is 1.09. The summed E-state index contributed by atoms with van der Waals surface area (Å²) in [5, 5.41) is 6.55. The lowest BCUT2D eigenvalue weighted by Crippen LogP contribution is -2.45.